The van der Waals surface area contributed by atoms with Crippen LogP contribution in [-0.4, -0.2) is 27.2 Å². The fourth-order valence-electron chi connectivity index (χ4n) is 2.01. The van der Waals surface area contributed by atoms with Crippen molar-refractivity contribution in [2.75, 3.05) is 10.7 Å². The Kier molecular flexibility index (Phi) is 3.37. The predicted octanol–water partition coefficient (Wildman–Crippen LogP) is 0.740. The minimum absolute atomic E-state index is 0.115. The van der Waals surface area contributed by atoms with Gasteiger partial charge in [0.05, 0.1) is 18.5 Å². The highest BCUT2D eigenvalue weighted by Crippen LogP contribution is 2.24. The van der Waals surface area contributed by atoms with Gasteiger partial charge in [-0.3, -0.25) is 0 Å². The number of hydrogen-bond acceptors (Lipinski definition) is 7. The van der Waals surface area contributed by atoms with Gasteiger partial charge in [0, 0.05) is 12.1 Å². The molecular weight excluding hydrogens is 230 g/mol. The van der Waals surface area contributed by atoms with E-state index in [0.29, 0.717) is 17.7 Å². The lowest BCUT2D eigenvalue weighted by molar-refractivity contribution is 0.535. The Morgan fingerprint density at radius 2 is 2.22 bits per heavy atom. The Morgan fingerprint density at radius 1 is 1.44 bits per heavy atom. The van der Waals surface area contributed by atoms with Crippen LogP contribution in [0.15, 0.2) is 5.10 Å². The highest BCUT2D eigenvalue weighted by Gasteiger charge is 2.29. The van der Waals surface area contributed by atoms with Crippen molar-refractivity contribution in [2.45, 2.75) is 32.7 Å². The standard InChI is InChI=1S/C11H15N7/c1-3-8-7(2)6-14-18(8)11-16-9(4-5-12)15-10(13)17-11/h6-8H,3-4H2,1-2H3,(H2,13,15,16,17). The first kappa shape index (κ1) is 12.2. The average Bonchev–Trinajstić information content (AvgIpc) is 2.70. The second-order valence-electron chi connectivity index (χ2n) is 4.19. The summed E-state index contributed by atoms with van der Waals surface area (Å²) in [6.45, 7) is 4.18. The third-order valence-corrected chi connectivity index (χ3v) is 2.89. The molecule has 0 saturated carbocycles. The number of hydrazone groups is 1. The number of nitrogen functional groups attached to an aromatic ring is 1. The molecule has 18 heavy (non-hydrogen) atoms. The molecule has 1 aromatic rings. The van der Waals surface area contributed by atoms with Crippen LogP contribution in [0.5, 0.6) is 0 Å². The Labute approximate surface area is 105 Å². The van der Waals surface area contributed by atoms with Crippen LogP contribution in [0.2, 0.25) is 0 Å². The van der Waals surface area contributed by atoms with Crippen molar-refractivity contribution in [1.82, 2.24) is 15.0 Å². The third-order valence-electron chi connectivity index (χ3n) is 2.89. The van der Waals surface area contributed by atoms with E-state index < -0.39 is 0 Å². The van der Waals surface area contributed by atoms with Crippen LogP contribution in [0.1, 0.15) is 26.1 Å². The second kappa shape index (κ2) is 4.96. The fraction of sp³-hybridized carbons (Fsp3) is 0.545. The molecule has 2 unspecified atom stereocenters. The monoisotopic (exact) mass is 245 g/mol. The van der Waals surface area contributed by atoms with E-state index in [4.69, 9.17) is 11.0 Å². The molecule has 2 rings (SSSR count). The largest absolute Gasteiger partial charge is 0.368 e. The average molecular weight is 245 g/mol. The third kappa shape index (κ3) is 2.22. The van der Waals surface area contributed by atoms with Crippen molar-refractivity contribution in [1.29, 1.82) is 5.26 Å². The van der Waals surface area contributed by atoms with Crippen LogP contribution in [0, 0.1) is 17.2 Å². The zero-order chi connectivity index (χ0) is 13.1. The van der Waals surface area contributed by atoms with Gasteiger partial charge in [-0.15, -0.1) is 0 Å². The number of nitrogens with zero attached hydrogens (tertiary/aromatic N) is 6. The van der Waals surface area contributed by atoms with Gasteiger partial charge in [-0.1, -0.05) is 13.8 Å². The summed E-state index contributed by atoms with van der Waals surface area (Å²) in [6.07, 6.45) is 2.92. The summed E-state index contributed by atoms with van der Waals surface area (Å²) in [5, 5.41) is 14.7. The molecule has 0 saturated heterocycles. The highest BCUT2D eigenvalue weighted by atomic mass is 15.5. The van der Waals surface area contributed by atoms with E-state index >= 15 is 0 Å². The van der Waals surface area contributed by atoms with Gasteiger partial charge in [-0.2, -0.15) is 25.3 Å². The molecule has 1 aliphatic heterocycles. The molecule has 0 spiro atoms. The van der Waals surface area contributed by atoms with Gasteiger partial charge in [0.2, 0.25) is 5.95 Å². The van der Waals surface area contributed by atoms with Crippen molar-refractivity contribution < 1.29 is 0 Å². The van der Waals surface area contributed by atoms with Crippen molar-refractivity contribution in [3.63, 3.8) is 0 Å². The maximum atomic E-state index is 8.67. The zero-order valence-electron chi connectivity index (χ0n) is 10.4. The normalized spacial score (nSPS) is 22.2. The first-order valence-corrected chi connectivity index (χ1v) is 5.86. The van der Waals surface area contributed by atoms with Crippen LogP contribution in [0.4, 0.5) is 11.9 Å². The molecule has 0 fully saturated rings. The first-order valence-electron chi connectivity index (χ1n) is 5.86. The minimum Gasteiger partial charge on any atom is -0.368 e. The van der Waals surface area contributed by atoms with E-state index in [9.17, 15) is 0 Å². The maximum absolute atomic E-state index is 8.67. The molecule has 7 heteroatoms. The number of nitriles is 1. The Morgan fingerprint density at radius 3 is 2.89 bits per heavy atom. The molecule has 0 radical (unpaired) electrons. The van der Waals surface area contributed by atoms with Gasteiger partial charge in [0.15, 0.2) is 5.82 Å². The molecule has 1 aromatic heterocycles. The van der Waals surface area contributed by atoms with Crippen LogP contribution in [0.25, 0.3) is 0 Å². The number of rotatable bonds is 3. The lowest BCUT2D eigenvalue weighted by atomic mass is 10.0. The topological polar surface area (TPSA) is 104 Å². The molecular formula is C11H15N7. The molecule has 7 nitrogen and oxygen atoms in total. The summed E-state index contributed by atoms with van der Waals surface area (Å²) in [6, 6.07) is 2.22. The summed E-state index contributed by atoms with van der Waals surface area (Å²) in [4.78, 5) is 12.2. The van der Waals surface area contributed by atoms with Crippen LogP contribution in [-0.2, 0) is 6.42 Å². The van der Waals surface area contributed by atoms with Crippen molar-refractivity contribution in [3.8, 4) is 6.07 Å². The van der Waals surface area contributed by atoms with Gasteiger partial charge in [0.1, 0.15) is 0 Å². The first-order chi connectivity index (χ1) is 8.65. The van der Waals surface area contributed by atoms with E-state index in [1.807, 2.05) is 12.3 Å². The Balaban J connectivity index is 2.33. The number of anilines is 2. The van der Waals surface area contributed by atoms with E-state index in [1.54, 1.807) is 5.01 Å². The van der Waals surface area contributed by atoms with Gasteiger partial charge >= 0.3 is 0 Å². The number of nitrogens with two attached hydrogens (primary N) is 1. The molecule has 2 N–H and O–H groups in total. The molecule has 2 heterocycles. The van der Waals surface area contributed by atoms with Crippen LogP contribution in [0.3, 0.4) is 0 Å². The summed E-state index contributed by atoms with van der Waals surface area (Å²) >= 11 is 0. The summed E-state index contributed by atoms with van der Waals surface area (Å²) in [5.74, 6) is 1.26. The van der Waals surface area contributed by atoms with E-state index in [1.165, 1.54) is 0 Å². The molecule has 0 amide bonds. The van der Waals surface area contributed by atoms with E-state index in [-0.39, 0.29) is 18.4 Å². The molecule has 0 bridgehead atoms. The second-order valence-corrected chi connectivity index (χ2v) is 4.19. The predicted molar refractivity (Wildman–Crippen MR) is 67.8 cm³/mol. The van der Waals surface area contributed by atoms with Crippen molar-refractivity contribution in [2.24, 2.45) is 11.0 Å². The van der Waals surface area contributed by atoms with Crippen LogP contribution >= 0.6 is 0 Å². The lowest BCUT2D eigenvalue weighted by Crippen LogP contribution is -2.32. The SMILES string of the molecule is CCC1C(C)C=NN1c1nc(N)nc(CC#N)n1. The molecule has 94 valence electrons. The van der Waals surface area contributed by atoms with Gasteiger partial charge in [0.25, 0.3) is 5.95 Å². The molecule has 0 aromatic carbocycles. The van der Waals surface area contributed by atoms with Gasteiger partial charge < -0.3 is 5.73 Å². The summed E-state index contributed by atoms with van der Waals surface area (Å²) < 4.78 is 0. The molecule has 0 aliphatic carbocycles. The molecule has 1 aliphatic rings. The summed E-state index contributed by atoms with van der Waals surface area (Å²) in [7, 11) is 0. The zero-order valence-corrected chi connectivity index (χ0v) is 10.4. The smallest absolute Gasteiger partial charge is 0.251 e. The van der Waals surface area contributed by atoms with E-state index in [0.717, 1.165) is 6.42 Å². The summed E-state index contributed by atoms with van der Waals surface area (Å²) in [5.41, 5.74) is 5.63. The lowest BCUT2D eigenvalue weighted by Gasteiger charge is -2.23. The van der Waals surface area contributed by atoms with Gasteiger partial charge in [-0.05, 0) is 6.42 Å². The highest BCUT2D eigenvalue weighted by molar-refractivity contribution is 5.67. The number of hydrogen-bond donors (Lipinski definition) is 1. The number of aromatic nitrogens is 3. The Hall–Kier alpha value is -2.23. The molecule has 2 atom stereocenters. The van der Waals surface area contributed by atoms with Crippen molar-refractivity contribution in [3.05, 3.63) is 5.82 Å². The minimum atomic E-state index is 0.115. The quantitative estimate of drug-likeness (QED) is 0.842. The van der Waals surface area contributed by atoms with E-state index in [2.05, 4.69) is 33.9 Å². The van der Waals surface area contributed by atoms with Crippen LogP contribution < -0.4 is 10.7 Å². The van der Waals surface area contributed by atoms with Crippen molar-refractivity contribution >= 4 is 18.1 Å². The Bertz CT molecular complexity index is 505. The maximum Gasteiger partial charge on any atom is 0.251 e. The fourth-order valence-corrected chi connectivity index (χ4v) is 2.01. The van der Waals surface area contributed by atoms with Gasteiger partial charge in [-0.25, -0.2) is 5.01 Å².